The summed E-state index contributed by atoms with van der Waals surface area (Å²) in [6.07, 6.45) is 1.70. The van der Waals surface area contributed by atoms with Gasteiger partial charge in [-0.25, -0.2) is 4.39 Å². The van der Waals surface area contributed by atoms with Gasteiger partial charge in [0.2, 0.25) is 0 Å². The highest BCUT2D eigenvalue weighted by Crippen LogP contribution is 2.19. The van der Waals surface area contributed by atoms with Gasteiger partial charge < -0.3 is 9.73 Å². The molecule has 0 saturated heterocycles. The number of aryl methyl sites for hydroxylation is 2. The van der Waals surface area contributed by atoms with E-state index in [0.29, 0.717) is 29.7 Å². The van der Waals surface area contributed by atoms with Crippen molar-refractivity contribution >= 4 is 23.3 Å². The van der Waals surface area contributed by atoms with Gasteiger partial charge in [0, 0.05) is 23.0 Å². The molecular formula is C21H19ClFN5O2. The van der Waals surface area contributed by atoms with Gasteiger partial charge in [-0.2, -0.15) is 10.2 Å². The molecule has 0 aliphatic heterocycles. The van der Waals surface area contributed by atoms with Crippen LogP contribution in [0.1, 0.15) is 33.3 Å². The van der Waals surface area contributed by atoms with Crippen molar-refractivity contribution in [3.05, 3.63) is 88.0 Å². The number of benzene rings is 1. The SMILES string of the molecule is Cc1cc(C)n(Cc2ccc(C(=O)Nc3ccn(Cc4ccc(F)cc4Cl)n3)o2)n1. The zero-order valence-corrected chi connectivity index (χ0v) is 17.2. The molecule has 0 atom stereocenters. The molecule has 0 spiro atoms. The van der Waals surface area contributed by atoms with Crippen molar-refractivity contribution in [2.45, 2.75) is 26.9 Å². The first-order chi connectivity index (χ1) is 14.4. The van der Waals surface area contributed by atoms with Crippen LogP contribution in [0.4, 0.5) is 10.2 Å². The highest BCUT2D eigenvalue weighted by molar-refractivity contribution is 6.31. The smallest absolute Gasteiger partial charge is 0.292 e. The summed E-state index contributed by atoms with van der Waals surface area (Å²) in [5, 5.41) is 11.7. The molecule has 0 radical (unpaired) electrons. The molecule has 0 unspecified atom stereocenters. The number of furan rings is 1. The van der Waals surface area contributed by atoms with Crippen LogP contribution in [0.2, 0.25) is 5.02 Å². The van der Waals surface area contributed by atoms with Crippen LogP contribution in [-0.2, 0) is 13.1 Å². The number of hydrogen-bond acceptors (Lipinski definition) is 4. The average molecular weight is 428 g/mol. The first-order valence-corrected chi connectivity index (χ1v) is 9.63. The van der Waals surface area contributed by atoms with E-state index in [0.717, 1.165) is 17.0 Å². The van der Waals surface area contributed by atoms with Crippen molar-refractivity contribution < 1.29 is 13.6 Å². The van der Waals surface area contributed by atoms with Gasteiger partial charge in [-0.3, -0.25) is 14.2 Å². The summed E-state index contributed by atoms with van der Waals surface area (Å²) in [5.41, 5.74) is 2.66. The van der Waals surface area contributed by atoms with Crippen LogP contribution in [0.5, 0.6) is 0 Å². The van der Waals surface area contributed by atoms with E-state index in [1.54, 1.807) is 35.1 Å². The quantitative estimate of drug-likeness (QED) is 0.493. The summed E-state index contributed by atoms with van der Waals surface area (Å²) in [5.74, 6) is 0.382. The molecule has 1 aromatic carbocycles. The van der Waals surface area contributed by atoms with Gasteiger partial charge in [0.25, 0.3) is 5.91 Å². The van der Waals surface area contributed by atoms with Crippen molar-refractivity contribution in [3.8, 4) is 0 Å². The number of hydrogen-bond donors (Lipinski definition) is 1. The van der Waals surface area contributed by atoms with Crippen LogP contribution < -0.4 is 5.32 Å². The number of nitrogens with one attached hydrogen (secondary N) is 1. The van der Waals surface area contributed by atoms with Crippen LogP contribution in [0.15, 0.2) is 53.1 Å². The fraction of sp³-hybridized carbons (Fsp3) is 0.190. The van der Waals surface area contributed by atoms with Crippen molar-refractivity contribution in [2.24, 2.45) is 0 Å². The molecule has 3 heterocycles. The predicted molar refractivity (Wildman–Crippen MR) is 110 cm³/mol. The number of nitrogens with zero attached hydrogens (tertiary/aromatic N) is 4. The summed E-state index contributed by atoms with van der Waals surface area (Å²) >= 11 is 6.05. The maximum atomic E-state index is 13.2. The molecule has 1 N–H and O–H groups in total. The molecule has 1 amide bonds. The zero-order valence-electron chi connectivity index (χ0n) is 16.4. The summed E-state index contributed by atoms with van der Waals surface area (Å²) in [4.78, 5) is 12.5. The highest BCUT2D eigenvalue weighted by Gasteiger charge is 2.14. The minimum Gasteiger partial charge on any atom is -0.454 e. The Kier molecular flexibility index (Phi) is 5.41. The normalized spacial score (nSPS) is 11.1. The molecule has 4 rings (SSSR count). The van der Waals surface area contributed by atoms with Gasteiger partial charge in [-0.15, -0.1) is 0 Å². The van der Waals surface area contributed by atoms with Crippen molar-refractivity contribution in [1.29, 1.82) is 0 Å². The lowest BCUT2D eigenvalue weighted by Crippen LogP contribution is -2.12. The lowest BCUT2D eigenvalue weighted by atomic mass is 10.2. The fourth-order valence-electron chi connectivity index (χ4n) is 3.09. The largest absolute Gasteiger partial charge is 0.454 e. The second-order valence-corrected chi connectivity index (χ2v) is 7.35. The Labute approximate surface area is 177 Å². The zero-order chi connectivity index (χ0) is 21.3. The molecule has 0 saturated carbocycles. The minimum atomic E-state index is -0.403. The maximum absolute atomic E-state index is 13.2. The van der Waals surface area contributed by atoms with Crippen molar-refractivity contribution in [1.82, 2.24) is 19.6 Å². The second kappa shape index (κ2) is 8.16. The van der Waals surface area contributed by atoms with Crippen LogP contribution >= 0.6 is 11.6 Å². The summed E-state index contributed by atoms with van der Waals surface area (Å²) in [7, 11) is 0. The Morgan fingerprint density at radius 1 is 1.13 bits per heavy atom. The highest BCUT2D eigenvalue weighted by atomic mass is 35.5. The molecular weight excluding hydrogens is 409 g/mol. The number of carbonyl (C=O) groups excluding carboxylic acids is 1. The van der Waals surface area contributed by atoms with E-state index < -0.39 is 11.7 Å². The third-order valence-electron chi connectivity index (χ3n) is 4.52. The van der Waals surface area contributed by atoms with Crippen LogP contribution in [0.3, 0.4) is 0 Å². The molecule has 30 heavy (non-hydrogen) atoms. The minimum absolute atomic E-state index is 0.183. The van der Waals surface area contributed by atoms with Gasteiger partial charge in [0.1, 0.15) is 11.6 Å². The third-order valence-corrected chi connectivity index (χ3v) is 4.88. The lowest BCUT2D eigenvalue weighted by Gasteiger charge is -2.05. The number of aromatic nitrogens is 4. The first-order valence-electron chi connectivity index (χ1n) is 9.26. The number of anilines is 1. The number of carbonyl (C=O) groups is 1. The number of rotatable bonds is 6. The maximum Gasteiger partial charge on any atom is 0.292 e. The summed E-state index contributed by atoms with van der Waals surface area (Å²) in [6.45, 7) is 4.68. The Morgan fingerprint density at radius 2 is 1.97 bits per heavy atom. The van der Waals surface area contributed by atoms with Crippen LogP contribution in [-0.4, -0.2) is 25.5 Å². The Hall–Kier alpha value is -3.39. The van der Waals surface area contributed by atoms with E-state index >= 15 is 0 Å². The second-order valence-electron chi connectivity index (χ2n) is 6.94. The Morgan fingerprint density at radius 3 is 2.70 bits per heavy atom. The molecule has 4 aromatic rings. The molecule has 0 fully saturated rings. The molecule has 3 aromatic heterocycles. The van der Waals surface area contributed by atoms with E-state index in [4.69, 9.17) is 16.0 Å². The van der Waals surface area contributed by atoms with Crippen molar-refractivity contribution in [3.63, 3.8) is 0 Å². The first kappa shape index (κ1) is 19.9. The summed E-state index contributed by atoms with van der Waals surface area (Å²) < 4.78 is 22.2. The molecule has 0 bridgehead atoms. The van der Waals surface area contributed by atoms with Gasteiger partial charge in [0.05, 0.1) is 18.8 Å². The molecule has 0 aliphatic rings. The topological polar surface area (TPSA) is 77.9 Å². The van der Waals surface area contributed by atoms with Crippen molar-refractivity contribution in [2.75, 3.05) is 5.32 Å². The van der Waals surface area contributed by atoms with E-state index in [9.17, 15) is 9.18 Å². The van der Waals surface area contributed by atoms with Crippen LogP contribution in [0.25, 0.3) is 0 Å². The molecule has 7 nitrogen and oxygen atoms in total. The monoisotopic (exact) mass is 427 g/mol. The summed E-state index contributed by atoms with van der Waals surface area (Å²) in [6, 6.07) is 11.2. The van der Waals surface area contributed by atoms with E-state index in [1.165, 1.54) is 12.1 Å². The molecule has 9 heteroatoms. The third kappa shape index (κ3) is 4.44. The van der Waals surface area contributed by atoms with Gasteiger partial charge >= 0.3 is 0 Å². The number of halogens is 2. The fourth-order valence-corrected chi connectivity index (χ4v) is 3.31. The standard InChI is InChI=1S/C21H19ClFN5O2/c1-13-9-14(2)28(25-13)12-17-5-6-19(30-17)21(29)24-20-7-8-27(26-20)11-15-3-4-16(23)10-18(15)22/h3-10H,11-12H2,1-2H3,(H,24,26,29). The van der Waals surface area contributed by atoms with Gasteiger partial charge in [-0.1, -0.05) is 17.7 Å². The average Bonchev–Trinajstić information content (AvgIpc) is 3.39. The Balaban J connectivity index is 1.40. The Bertz CT molecular complexity index is 1210. The number of amides is 1. The lowest BCUT2D eigenvalue weighted by molar-refractivity contribution is 0.0994. The van der Waals surface area contributed by atoms with E-state index in [-0.39, 0.29) is 5.76 Å². The molecule has 0 aliphatic carbocycles. The van der Waals surface area contributed by atoms with Gasteiger partial charge in [0.15, 0.2) is 11.6 Å². The van der Waals surface area contributed by atoms with Gasteiger partial charge in [-0.05, 0) is 49.7 Å². The predicted octanol–water partition coefficient (Wildman–Crippen LogP) is 4.43. The van der Waals surface area contributed by atoms with Crippen LogP contribution in [0, 0.1) is 19.7 Å². The van der Waals surface area contributed by atoms with E-state index in [1.807, 2.05) is 24.6 Å². The van der Waals surface area contributed by atoms with E-state index in [2.05, 4.69) is 15.5 Å². The molecule has 154 valence electrons.